The number of hydrogen-bond donors (Lipinski definition) is 2. The molecule has 3 nitrogen and oxygen atoms in total. The van der Waals surface area contributed by atoms with Crippen LogP contribution in [0.25, 0.3) is 0 Å². The molecule has 92 valence electrons. The molecule has 1 unspecified atom stereocenters. The van der Waals surface area contributed by atoms with Gasteiger partial charge in [-0.25, -0.2) is 0 Å². The van der Waals surface area contributed by atoms with Crippen molar-refractivity contribution in [2.24, 2.45) is 11.7 Å². The quantitative estimate of drug-likeness (QED) is 0.803. The van der Waals surface area contributed by atoms with Crippen molar-refractivity contribution in [2.75, 3.05) is 25.1 Å². The molecule has 1 aromatic carbocycles. The van der Waals surface area contributed by atoms with E-state index in [1.54, 1.807) is 0 Å². The average Bonchev–Trinajstić information content (AvgIpc) is 2.80. The fourth-order valence-corrected chi connectivity index (χ4v) is 2.18. The zero-order chi connectivity index (χ0) is 12.3. The number of nitrogens with two attached hydrogens (primary N) is 1. The van der Waals surface area contributed by atoms with Crippen LogP contribution in [-0.2, 0) is 4.74 Å². The van der Waals surface area contributed by atoms with Gasteiger partial charge in [0.2, 0.25) is 0 Å². The van der Waals surface area contributed by atoms with E-state index in [0.717, 1.165) is 37.4 Å². The third-order valence-electron chi connectivity index (χ3n) is 3.05. The number of nitrogens with one attached hydrogen (secondary N) is 1. The number of thiocarbonyl (C=S) groups is 1. The van der Waals surface area contributed by atoms with Crippen molar-refractivity contribution in [3.63, 3.8) is 0 Å². The summed E-state index contributed by atoms with van der Waals surface area (Å²) in [5.41, 5.74) is 8.86. The van der Waals surface area contributed by atoms with Crippen molar-refractivity contribution in [1.82, 2.24) is 0 Å². The summed E-state index contributed by atoms with van der Waals surface area (Å²) in [6.07, 6.45) is 1.13. The van der Waals surface area contributed by atoms with E-state index in [1.807, 2.05) is 19.1 Å². The molecule has 0 aromatic heterocycles. The third kappa shape index (κ3) is 3.17. The van der Waals surface area contributed by atoms with Gasteiger partial charge in [0.05, 0.1) is 6.61 Å². The van der Waals surface area contributed by atoms with Crippen molar-refractivity contribution >= 4 is 22.9 Å². The first kappa shape index (κ1) is 12.3. The zero-order valence-electron chi connectivity index (χ0n) is 10.0. The molecule has 0 aliphatic carbocycles. The number of ether oxygens (including phenoxy) is 1. The van der Waals surface area contributed by atoms with Gasteiger partial charge in [-0.2, -0.15) is 0 Å². The van der Waals surface area contributed by atoms with Gasteiger partial charge in [0, 0.05) is 30.3 Å². The second kappa shape index (κ2) is 5.47. The second-order valence-electron chi connectivity index (χ2n) is 4.52. The molecule has 3 N–H and O–H groups in total. The van der Waals surface area contributed by atoms with E-state index in [2.05, 4.69) is 11.4 Å². The van der Waals surface area contributed by atoms with Gasteiger partial charge >= 0.3 is 0 Å². The van der Waals surface area contributed by atoms with Gasteiger partial charge in [-0.05, 0) is 25.5 Å². The Morgan fingerprint density at radius 1 is 1.59 bits per heavy atom. The van der Waals surface area contributed by atoms with Crippen LogP contribution < -0.4 is 11.1 Å². The average molecular weight is 250 g/mol. The Hall–Kier alpha value is -1.13. The molecular weight excluding hydrogens is 232 g/mol. The van der Waals surface area contributed by atoms with E-state index >= 15 is 0 Å². The molecule has 0 radical (unpaired) electrons. The fraction of sp³-hybridized carbons (Fsp3) is 0.462. The summed E-state index contributed by atoms with van der Waals surface area (Å²) < 4.78 is 5.35. The minimum atomic E-state index is 0.443. The lowest BCUT2D eigenvalue weighted by molar-refractivity contribution is 0.187. The Kier molecular flexibility index (Phi) is 3.97. The highest BCUT2D eigenvalue weighted by Gasteiger charge is 2.15. The topological polar surface area (TPSA) is 47.3 Å². The molecule has 4 heteroatoms. The Morgan fingerprint density at radius 3 is 3.06 bits per heavy atom. The number of anilines is 1. The lowest BCUT2D eigenvalue weighted by Gasteiger charge is -2.14. The molecular formula is C13H18N2OS. The van der Waals surface area contributed by atoms with Crippen molar-refractivity contribution in [1.29, 1.82) is 0 Å². The smallest absolute Gasteiger partial charge is 0.106 e. The van der Waals surface area contributed by atoms with Crippen molar-refractivity contribution in [3.05, 3.63) is 29.3 Å². The van der Waals surface area contributed by atoms with E-state index in [1.165, 1.54) is 5.56 Å². The molecule has 17 heavy (non-hydrogen) atoms. The van der Waals surface area contributed by atoms with E-state index in [-0.39, 0.29) is 0 Å². The van der Waals surface area contributed by atoms with E-state index in [9.17, 15) is 0 Å². The minimum absolute atomic E-state index is 0.443. The van der Waals surface area contributed by atoms with Crippen LogP contribution in [-0.4, -0.2) is 24.7 Å². The number of aryl methyl sites for hydroxylation is 1. The SMILES string of the molecule is Cc1ccc(NCC2CCOC2)c(C(N)=S)c1. The Morgan fingerprint density at radius 2 is 2.41 bits per heavy atom. The Bertz CT molecular complexity index is 414. The van der Waals surface area contributed by atoms with Gasteiger partial charge in [0.25, 0.3) is 0 Å². The molecule has 0 bridgehead atoms. The van der Waals surface area contributed by atoms with Crippen LogP contribution in [0.3, 0.4) is 0 Å². The fourth-order valence-electron chi connectivity index (χ4n) is 2.01. The summed E-state index contributed by atoms with van der Waals surface area (Å²) in [5.74, 6) is 0.593. The van der Waals surface area contributed by atoms with Crippen molar-refractivity contribution < 1.29 is 4.74 Å². The molecule has 1 fully saturated rings. The standard InChI is InChI=1S/C13H18N2OS/c1-9-2-3-12(11(6-9)13(14)17)15-7-10-4-5-16-8-10/h2-3,6,10,15H,4-5,7-8H2,1H3,(H2,14,17). The predicted octanol–water partition coefficient (Wildman–Crippen LogP) is 2.08. The van der Waals surface area contributed by atoms with Crippen LogP contribution in [0, 0.1) is 12.8 Å². The minimum Gasteiger partial charge on any atom is -0.389 e. The summed E-state index contributed by atoms with van der Waals surface area (Å²) in [6, 6.07) is 6.13. The summed E-state index contributed by atoms with van der Waals surface area (Å²) in [7, 11) is 0. The lowest BCUT2D eigenvalue weighted by Crippen LogP contribution is -2.18. The Labute approximate surface area is 107 Å². The summed E-state index contributed by atoms with van der Waals surface area (Å²) >= 11 is 5.07. The van der Waals surface area contributed by atoms with Gasteiger partial charge in [0.1, 0.15) is 4.99 Å². The van der Waals surface area contributed by atoms with E-state index < -0.39 is 0 Å². The largest absolute Gasteiger partial charge is 0.389 e. The van der Waals surface area contributed by atoms with Gasteiger partial charge in [0.15, 0.2) is 0 Å². The molecule has 1 heterocycles. The predicted molar refractivity (Wildman–Crippen MR) is 74.5 cm³/mol. The molecule has 2 rings (SSSR count). The van der Waals surface area contributed by atoms with Crippen LogP contribution in [0.4, 0.5) is 5.69 Å². The van der Waals surface area contributed by atoms with Crippen LogP contribution in [0.1, 0.15) is 17.5 Å². The van der Waals surface area contributed by atoms with Crippen LogP contribution in [0.5, 0.6) is 0 Å². The second-order valence-corrected chi connectivity index (χ2v) is 4.96. The summed E-state index contributed by atoms with van der Waals surface area (Å²) in [5, 5.41) is 3.42. The van der Waals surface area contributed by atoms with E-state index in [0.29, 0.717) is 10.9 Å². The molecule has 1 aliphatic rings. The van der Waals surface area contributed by atoms with Gasteiger partial charge in [-0.15, -0.1) is 0 Å². The van der Waals surface area contributed by atoms with Gasteiger partial charge < -0.3 is 15.8 Å². The molecule has 1 atom stereocenters. The highest BCUT2D eigenvalue weighted by molar-refractivity contribution is 7.80. The van der Waals surface area contributed by atoms with Gasteiger partial charge in [-0.3, -0.25) is 0 Å². The number of benzene rings is 1. The summed E-state index contributed by atoms with van der Waals surface area (Å²) in [6.45, 7) is 4.68. The van der Waals surface area contributed by atoms with Crippen LogP contribution >= 0.6 is 12.2 Å². The van der Waals surface area contributed by atoms with Crippen molar-refractivity contribution in [2.45, 2.75) is 13.3 Å². The first-order chi connectivity index (χ1) is 8.16. The normalized spacial score (nSPS) is 19.2. The zero-order valence-corrected chi connectivity index (χ0v) is 10.8. The third-order valence-corrected chi connectivity index (χ3v) is 3.27. The highest BCUT2D eigenvalue weighted by atomic mass is 32.1. The summed E-state index contributed by atoms with van der Waals surface area (Å²) in [4.78, 5) is 0.443. The Balaban J connectivity index is 2.06. The highest BCUT2D eigenvalue weighted by Crippen LogP contribution is 2.19. The molecule has 0 amide bonds. The van der Waals surface area contributed by atoms with Crippen LogP contribution in [0.2, 0.25) is 0 Å². The molecule has 1 aliphatic heterocycles. The maximum absolute atomic E-state index is 5.73. The number of rotatable bonds is 4. The van der Waals surface area contributed by atoms with Crippen LogP contribution in [0.15, 0.2) is 18.2 Å². The van der Waals surface area contributed by atoms with E-state index in [4.69, 9.17) is 22.7 Å². The lowest BCUT2D eigenvalue weighted by atomic mass is 10.1. The van der Waals surface area contributed by atoms with Gasteiger partial charge in [-0.1, -0.05) is 23.8 Å². The molecule has 0 saturated carbocycles. The molecule has 1 aromatic rings. The maximum Gasteiger partial charge on any atom is 0.106 e. The first-order valence-corrected chi connectivity index (χ1v) is 6.29. The van der Waals surface area contributed by atoms with Crippen molar-refractivity contribution in [3.8, 4) is 0 Å². The number of hydrogen-bond acceptors (Lipinski definition) is 3. The first-order valence-electron chi connectivity index (χ1n) is 5.89. The maximum atomic E-state index is 5.73. The monoisotopic (exact) mass is 250 g/mol. The molecule has 1 saturated heterocycles. The molecule has 0 spiro atoms.